The van der Waals surface area contributed by atoms with Crippen LogP contribution in [0, 0.1) is 0 Å². The Morgan fingerprint density at radius 3 is 2.88 bits per heavy atom. The number of halogens is 1. The van der Waals surface area contributed by atoms with Crippen LogP contribution >= 0.6 is 27.3 Å². The first-order valence-electron chi connectivity index (χ1n) is 4.79. The Morgan fingerprint density at radius 1 is 1.31 bits per heavy atom. The zero-order valence-corrected chi connectivity index (χ0v) is 10.9. The molecule has 0 bridgehead atoms. The number of aryl methyl sites for hydroxylation is 1. The van der Waals surface area contributed by atoms with E-state index in [-0.39, 0.29) is 0 Å². The van der Waals surface area contributed by atoms with Crippen molar-refractivity contribution in [1.29, 1.82) is 0 Å². The van der Waals surface area contributed by atoms with Gasteiger partial charge in [-0.1, -0.05) is 0 Å². The molecule has 80 valence electrons. The molecule has 3 rings (SSSR count). The summed E-state index contributed by atoms with van der Waals surface area (Å²) in [6.07, 6.45) is 1.79. The van der Waals surface area contributed by atoms with Crippen LogP contribution < -0.4 is 0 Å². The van der Waals surface area contributed by atoms with Crippen molar-refractivity contribution < 1.29 is 0 Å². The van der Waals surface area contributed by atoms with Crippen LogP contribution in [0.25, 0.3) is 21.9 Å². The fourth-order valence-corrected chi connectivity index (χ4v) is 3.09. The van der Waals surface area contributed by atoms with Crippen molar-refractivity contribution in [2.24, 2.45) is 7.05 Å². The number of hydrogen-bond donors (Lipinski definition) is 0. The number of pyridine rings is 1. The maximum Gasteiger partial charge on any atom is 0.160 e. The molecule has 0 saturated heterocycles. The lowest BCUT2D eigenvalue weighted by atomic mass is 10.4. The molecule has 0 aliphatic rings. The quantitative estimate of drug-likeness (QED) is 0.688. The average molecular weight is 294 g/mol. The Hall–Kier alpha value is -1.20. The van der Waals surface area contributed by atoms with E-state index in [1.165, 1.54) is 0 Å². The van der Waals surface area contributed by atoms with Gasteiger partial charge in [-0.2, -0.15) is 0 Å². The van der Waals surface area contributed by atoms with Gasteiger partial charge < -0.3 is 4.57 Å². The van der Waals surface area contributed by atoms with Crippen LogP contribution in [0.2, 0.25) is 0 Å². The molecule has 0 spiro atoms. The summed E-state index contributed by atoms with van der Waals surface area (Å²) >= 11 is 5.14. The Bertz CT molecular complexity index is 656. The minimum absolute atomic E-state index is 0.919. The standard InChI is InChI=1S/C11H8BrN3S/c1-15-10-7(3-2-6-13-10)14-11(15)8-4-5-9(12)16-8/h2-6H,1H3. The maximum atomic E-state index is 4.59. The van der Waals surface area contributed by atoms with Gasteiger partial charge in [0.15, 0.2) is 11.5 Å². The van der Waals surface area contributed by atoms with Gasteiger partial charge >= 0.3 is 0 Å². The first-order valence-corrected chi connectivity index (χ1v) is 6.40. The fourth-order valence-electron chi connectivity index (χ4n) is 1.68. The van der Waals surface area contributed by atoms with E-state index in [0.29, 0.717) is 0 Å². The highest BCUT2D eigenvalue weighted by Crippen LogP contribution is 2.31. The number of thiophene rings is 1. The second kappa shape index (κ2) is 3.68. The molecular formula is C11H8BrN3S. The summed E-state index contributed by atoms with van der Waals surface area (Å²) in [4.78, 5) is 10.1. The number of fused-ring (bicyclic) bond motifs is 1. The number of nitrogens with zero attached hydrogens (tertiary/aromatic N) is 3. The summed E-state index contributed by atoms with van der Waals surface area (Å²) in [6.45, 7) is 0. The highest BCUT2D eigenvalue weighted by Gasteiger charge is 2.11. The zero-order chi connectivity index (χ0) is 11.1. The Labute approximate surface area is 105 Å². The predicted octanol–water partition coefficient (Wildman–Crippen LogP) is 3.46. The van der Waals surface area contributed by atoms with E-state index in [9.17, 15) is 0 Å². The van der Waals surface area contributed by atoms with Crippen molar-refractivity contribution in [2.75, 3.05) is 0 Å². The molecule has 3 aromatic heterocycles. The van der Waals surface area contributed by atoms with E-state index in [4.69, 9.17) is 0 Å². The molecule has 3 heterocycles. The lowest BCUT2D eigenvalue weighted by molar-refractivity contribution is 0.945. The van der Waals surface area contributed by atoms with E-state index in [0.717, 1.165) is 25.7 Å². The number of rotatable bonds is 1. The second-order valence-electron chi connectivity index (χ2n) is 3.44. The molecule has 3 nitrogen and oxygen atoms in total. The highest BCUT2D eigenvalue weighted by molar-refractivity contribution is 9.11. The van der Waals surface area contributed by atoms with Crippen LogP contribution in [0.4, 0.5) is 0 Å². The highest BCUT2D eigenvalue weighted by atomic mass is 79.9. The van der Waals surface area contributed by atoms with E-state index >= 15 is 0 Å². The van der Waals surface area contributed by atoms with Gasteiger partial charge in [0.1, 0.15) is 5.52 Å². The first-order chi connectivity index (χ1) is 7.75. The summed E-state index contributed by atoms with van der Waals surface area (Å²) < 4.78 is 3.13. The number of aromatic nitrogens is 3. The van der Waals surface area contributed by atoms with E-state index in [1.807, 2.05) is 29.8 Å². The van der Waals surface area contributed by atoms with Crippen LogP contribution in [0.15, 0.2) is 34.2 Å². The third-order valence-corrected chi connectivity index (χ3v) is 4.04. The first kappa shape index (κ1) is 9.99. The molecule has 16 heavy (non-hydrogen) atoms. The van der Waals surface area contributed by atoms with E-state index in [1.54, 1.807) is 17.5 Å². The van der Waals surface area contributed by atoms with Crippen LogP contribution in [-0.2, 0) is 7.05 Å². The van der Waals surface area contributed by atoms with Gasteiger partial charge in [-0.15, -0.1) is 11.3 Å². The maximum absolute atomic E-state index is 4.59. The monoisotopic (exact) mass is 293 g/mol. The topological polar surface area (TPSA) is 30.7 Å². The van der Waals surface area contributed by atoms with E-state index in [2.05, 4.69) is 32.0 Å². The van der Waals surface area contributed by atoms with E-state index < -0.39 is 0 Å². The zero-order valence-electron chi connectivity index (χ0n) is 8.51. The van der Waals surface area contributed by atoms with Gasteiger partial charge in [-0.25, -0.2) is 9.97 Å². The van der Waals surface area contributed by atoms with Gasteiger partial charge in [0.2, 0.25) is 0 Å². The molecule has 0 atom stereocenters. The van der Waals surface area contributed by atoms with Crippen LogP contribution in [0.3, 0.4) is 0 Å². The number of hydrogen-bond acceptors (Lipinski definition) is 3. The molecule has 0 N–H and O–H groups in total. The summed E-state index contributed by atoms with van der Waals surface area (Å²) in [7, 11) is 1.99. The largest absolute Gasteiger partial charge is 0.311 e. The van der Waals surface area contributed by atoms with Gasteiger partial charge in [0, 0.05) is 13.2 Å². The molecule has 0 unspecified atom stereocenters. The normalized spacial score (nSPS) is 11.1. The van der Waals surface area contributed by atoms with Gasteiger partial charge in [0.05, 0.1) is 8.66 Å². The van der Waals surface area contributed by atoms with Crippen molar-refractivity contribution in [3.63, 3.8) is 0 Å². The summed E-state index contributed by atoms with van der Waals surface area (Å²) in [5.41, 5.74) is 1.85. The van der Waals surface area contributed by atoms with Crippen LogP contribution in [-0.4, -0.2) is 14.5 Å². The smallest absolute Gasteiger partial charge is 0.160 e. The molecular weight excluding hydrogens is 286 g/mol. The van der Waals surface area contributed by atoms with Crippen molar-refractivity contribution in [3.8, 4) is 10.7 Å². The molecule has 3 aromatic rings. The molecule has 0 saturated carbocycles. The summed E-state index contributed by atoms with van der Waals surface area (Å²) in [6, 6.07) is 7.99. The Balaban J connectivity index is 2.28. The molecule has 0 aliphatic heterocycles. The summed E-state index contributed by atoms with van der Waals surface area (Å²) in [5, 5.41) is 0. The van der Waals surface area contributed by atoms with Gasteiger partial charge in [-0.05, 0) is 40.2 Å². The molecule has 0 aliphatic carbocycles. The van der Waals surface area contributed by atoms with Gasteiger partial charge in [0.25, 0.3) is 0 Å². The second-order valence-corrected chi connectivity index (χ2v) is 5.91. The molecule has 0 amide bonds. The number of imidazole rings is 1. The van der Waals surface area contributed by atoms with Gasteiger partial charge in [-0.3, -0.25) is 0 Å². The molecule has 5 heteroatoms. The lowest BCUT2D eigenvalue weighted by Gasteiger charge is -1.97. The molecule has 0 aromatic carbocycles. The Morgan fingerprint density at radius 2 is 2.19 bits per heavy atom. The predicted molar refractivity (Wildman–Crippen MR) is 69.5 cm³/mol. The van der Waals surface area contributed by atoms with Crippen molar-refractivity contribution in [1.82, 2.24) is 14.5 Å². The fraction of sp³-hybridized carbons (Fsp3) is 0.0909. The lowest BCUT2D eigenvalue weighted by Crippen LogP contribution is -1.91. The SMILES string of the molecule is Cn1c(-c2ccc(Br)s2)nc2cccnc21. The molecule has 0 radical (unpaired) electrons. The molecule has 0 fully saturated rings. The Kier molecular flexibility index (Phi) is 2.29. The minimum Gasteiger partial charge on any atom is -0.311 e. The van der Waals surface area contributed by atoms with Crippen LogP contribution in [0.5, 0.6) is 0 Å². The third-order valence-electron chi connectivity index (χ3n) is 2.42. The summed E-state index contributed by atoms with van der Waals surface area (Å²) in [5.74, 6) is 0.962. The van der Waals surface area contributed by atoms with Crippen molar-refractivity contribution in [3.05, 3.63) is 34.2 Å². The van der Waals surface area contributed by atoms with Crippen molar-refractivity contribution >= 4 is 38.4 Å². The van der Waals surface area contributed by atoms with Crippen molar-refractivity contribution in [2.45, 2.75) is 0 Å². The third kappa shape index (κ3) is 1.47. The average Bonchev–Trinajstić information content (AvgIpc) is 2.84. The minimum atomic E-state index is 0.919. The van der Waals surface area contributed by atoms with Crippen LogP contribution in [0.1, 0.15) is 0 Å².